The van der Waals surface area contributed by atoms with Crippen molar-refractivity contribution in [3.63, 3.8) is 0 Å². The van der Waals surface area contributed by atoms with Crippen molar-refractivity contribution in [2.45, 2.75) is 13.2 Å². The molecule has 0 saturated carbocycles. The number of nitro benzene ring substituents is 1. The Morgan fingerprint density at radius 2 is 2.05 bits per heavy atom. The standard InChI is InChI=1S/C14H12BrFN2O3/c15-12-5-9(1-3-13(12)16)8-21-14-4-2-11(18(19)20)6-10(14)7-17/h1-6H,7-8,17H2. The number of benzene rings is 2. The Balaban J connectivity index is 2.15. The second kappa shape index (κ2) is 6.64. The van der Waals surface area contributed by atoms with Crippen LogP contribution in [-0.2, 0) is 13.2 Å². The smallest absolute Gasteiger partial charge is 0.270 e. The third-order valence-electron chi connectivity index (χ3n) is 2.85. The van der Waals surface area contributed by atoms with Crippen LogP contribution in [0.1, 0.15) is 11.1 Å². The Hall–Kier alpha value is -1.99. The van der Waals surface area contributed by atoms with Gasteiger partial charge in [0.05, 0.1) is 9.40 Å². The molecule has 0 spiro atoms. The van der Waals surface area contributed by atoms with E-state index < -0.39 is 4.92 Å². The van der Waals surface area contributed by atoms with Gasteiger partial charge in [0.1, 0.15) is 18.2 Å². The molecule has 0 atom stereocenters. The van der Waals surface area contributed by atoms with Gasteiger partial charge in [-0.05, 0) is 39.7 Å². The van der Waals surface area contributed by atoms with Gasteiger partial charge in [0, 0.05) is 24.2 Å². The first-order valence-electron chi connectivity index (χ1n) is 6.05. The fourth-order valence-electron chi connectivity index (χ4n) is 1.77. The van der Waals surface area contributed by atoms with Crippen LogP contribution in [0.4, 0.5) is 10.1 Å². The van der Waals surface area contributed by atoms with Crippen LogP contribution in [0.3, 0.4) is 0 Å². The molecule has 2 aromatic carbocycles. The van der Waals surface area contributed by atoms with E-state index in [9.17, 15) is 14.5 Å². The van der Waals surface area contributed by atoms with E-state index in [1.165, 1.54) is 24.3 Å². The van der Waals surface area contributed by atoms with Crippen LogP contribution in [0.2, 0.25) is 0 Å². The summed E-state index contributed by atoms with van der Waals surface area (Å²) in [6.07, 6.45) is 0. The maximum atomic E-state index is 13.1. The van der Waals surface area contributed by atoms with Gasteiger partial charge < -0.3 is 10.5 Å². The zero-order valence-electron chi connectivity index (χ0n) is 10.9. The molecular weight excluding hydrogens is 343 g/mol. The van der Waals surface area contributed by atoms with Crippen molar-refractivity contribution in [3.8, 4) is 5.75 Å². The van der Waals surface area contributed by atoms with Crippen molar-refractivity contribution in [2.75, 3.05) is 0 Å². The number of nitrogens with two attached hydrogens (primary N) is 1. The molecule has 0 fully saturated rings. The summed E-state index contributed by atoms with van der Waals surface area (Å²) in [5.41, 5.74) is 6.85. The van der Waals surface area contributed by atoms with Crippen molar-refractivity contribution in [1.29, 1.82) is 0 Å². The Morgan fingerprint density at radius 1 is 1.29 bits per heavy atom. The molecule has 0 saturated heterocycles. The van der Waals surface area contributed by atoms with Crippen molar-refractivity contribution < 1.29 is 14.1 Å². The van der Waals surface area contributed by atoms with Gasteiger partial charge in [-0.1, -0.05) is 6.07 Å². The number of hydrogen-bond acceptors (Lipinski definition) is 4. The minimum absolute atomic E-state index is 0.0349. The molecule has 0 aliphatic carbocycles. The number of nitro groups is 1. The summed E-state index contributed by atoms with van der Waals surface area (Å²) < 4.78 is 19.1. The number of nitrogens with zero attached hydrogens (tertiary/aromatic N) is 1. The predicted octanol–water partition coefficient (Wildman–Crippen LogP) is 3.53. The van der Waals surface area contributed by atoms with Crippen LogP contribution in [0.25, 0.3) is 0 Å². The first kappa shape index (κ1) is 15.4. The number of non-ortho nitro benzene ring substituents is 1. The van der Waals surface area contributed by atoms with E-state index in [2.05, 4.69) is 15.9 Å². The molecule has 0 unspecified atom stereocenters. The summed E-state index contributed by atoms with van der Waals surface area (Å²) >= 11 is 3.10. The Bertz CT molecular complexity index is 679. The van der Waals surface area contributed by atoms with E-state index in [1.807, 2.05) is 0 Å². The van der Waals surface area contributed by atoms with Gasteiger partial charge in [-0.25, -0.2) is 4.39 Å². The SMILES string of the molecule is NCc1cc([N+](=O)[O-])ccc1OCc1ccc(F)c(Br)c1. The van der Waals surface area contributed by atoms with E-state index in [-0.39, 0.29) is 24.7 Å². The molecule has 7 heteroatoms. The minimum Gasteiger partial charge on any atom is -0.489 e. The minimum atomic E-state index is -0.486. The fourth-order valence-corrected chi connectivity index (χ4v) is 2.20. The molecule has 0 bridgehead atoms. The topological polar surface area (TPSA) is 78.4 Å². The number of halogens is 2. The van der Waals surface area contributed by atoms with Crippen molar-refractivity contribution >= 4 is 21.6 Å². The van der Waals surface area contributed by atoms with E-state index in [0.717, 1.165) is 5.56 Å². The summed E-state index contributed by atoms with van der Waals surface area (Å²) in [7, 11) is 0. The Morgan fingerprint density at radius 3 is 2.67 bits per heavy atom. The van der Waals surface area contributed by atoms with Crippen LogP contribution in [-0.4, -0.2) is 4.92 Å². The largest absolute Gasteiger partial charge is 0.489 e. The van der Waals surface area contributed by atoms with E-state index in [0.29, 0.717) is 15.8 Å². The van der Waals surface area contributed by atoms with Gasteiger partial charge in [0.2, 0.25) is 0 Å². The van der Waals surface area contributed by atoms with Crippen LogP contribution < -0.4 is 10.5 Å². The first-order valence-corrected chi connectivity index (χ1v) is 6.84. The van der Waals surface area contributed by atoms with Crippen molar-refractivity contribution in [2.24, 2.45) is 5.73 Å². The number of hydrogen-bond donors (Lipinski definition) is 1. The highest BCUT2D eigenvalue weighted by Gasteiger charge is 2.11. The maximum Gasteiger partial charge on any atom is 0.270 e. The van der Waals surface area contributed by atoms with E-state index >= 15 is 0 Å². The number of ether oxygens (including phenoxy) is 1. The first-order chi connectivity index (χ1) is 10.0. The molecule has 5 nitrogen and oxygen atoms in total. The molecule has 21 heavy (non-hydrogen) atoms. The third-order valence-corrected chi connectivity index (χ3v) is 3.46. The lowest BCUT2D eigenvalue weighted by atomic mass is 10.1. The molecule has 0 amide bonds. The van der Waals surface area contributed by atoms with Gasteiger partial charge in [0.15, 0.2) is 0 Å². The highest BCUT2D eigenvalue weighted by Crippen LogP contribution is 2.25. The molecule has 2 aromatic rings. The molecule has 2 N–H and O–H groups in total. The summed E-state index contributed by atoms with van der Waals surface area (Å²) in [4.78, 5) is 10.2. The number of rotatable bonds is 5. The van der Waals surface area contributed by atoms with Gasteiger partial charge in [-0.15, -0.1) is 0 Å². The molecule has 110 valence electrons. The van der Waals surface area contributed by atoms with Gasteiger partial charge in [0.25, 0.3) is 5.69 Å². The van der Waals surface area contributed by atoms with Gasteiger partial charge >= 0.3 is 0 Å². The third kappa shape index (κ3) is 3.77. The summed E-state index contributed by atoms with van der Waals surface area (Å²) in [6, 6.07) is 8.81. The van der Waals surface area contributed by atoms with Crippen LogP contribution >= 0.6 is 15.9 Å². The average molecular weight is 355 g/mol. The lowest BCUT2D eigenvalue weighted by molar-refractivity contribution is -0.384. The molecule has 0 aromatic heterocycles. The molecule has 2 rings (SSSR count). The average Bonchev–Trinajstić information content (AvgIpc) is 2.48. The van der Waals surface area contributed by atoms with Crippen molar-refractivity contribution in [1.82, 2.24) is 0 Å². The molecule has 0 aliphatic rings. The molecular formula is C14H12BrFN2O3. The quantitative estimate of drug-likeness (QED) is 0.657. The fraction of sp³-hybridized carbons (Fsp3) is 0.143. The second-order valence-corrected chi connectivity index (χ2v) is 5.14. The second-order valence-electron chi connectivity index (χ2n) is 4.29. The lowest BCUT2D eigenvalue weighted by Gasteiger charge is -2.10. The van der Waals surface area contributed by atoms with Crippen molar-refractivity contribution in [3.05, 3.63) is 67.9 Å². The summed E-state index contributed by atoms with van der Waals surface area (Å²) in [5.74, 6) is 0.125. The zero-order valence-corrected chi connectivity index (χ0v) is 12.5. The van der Waals surface area contributed by atoms with E-state index in [4.69, 9.17) is 10.5 Å². The normalized spacial score (nSPS) is 10.4. The molecule has 0 radical (unpaired) electrons. The lowest BCUT2D eigenvalue weighted by Crippen LogP contribution is -2.04. The van der Waals surface area contributed by atoms with Crippen LogP contribution in [0, 0.1) is 15.9 Å². The molecule has 0 aliphatic heterocycles. The predicted molar refractivity (Wildman–Crippen MR) is 79.4 cm³/mol. The van der Waals surface area contributed by atoms with Crippen LogP contribution in [0.5, 0.6) is 5.75 Å². The van der Waals surface area contributed by atoms with Gasteiger partial charge in [-0.2, -0.15) is 0 Å². The Labute approximate surface area is 128 Å². The maximum absolute atomic E-state index is 13.1. The van der Waals surface area contributed by atoms with Crippen LogP contribution in [0.15, 0.2) is 40.9 Å². The Kier molecular flexibility index (Phi) is 4.87. The zero-order chi connectivity index (χ0) is 15.4. The monoisotopic (exact) mass is 354 g/mol. The van der Waals surface area contributed by atoms with E-state index in [1.54, 1.807) is 12.1 Å². The highest BCUT2D eigenvalue weighted by molar-refractivity contribution is 9.10. The highest BCUT2D eigenvalue weighted by atomic mass is 79.9. The molecule has 0 heterocycles. The summed E-state index contributed by atoms with van der Waals surface area (Å²) in [6.45, 7) is 0.341. The summed E-state index contributed by atoms with van der Waals surface area (Å²) in [5, 5.41) is 10.7. The van der Waals surface area contributed by atoms with Gasteiger partial charge in [-0.3, -0.25) is 10.1 Å².